The summed E-state index contributed by atoms with van der Waals surface area (Å²) in [5, 5.41) is 8.31. The summed E-state index contributed by atoms with van der Waals surface area (Å²) in [6.45, 7) is 12.4. The van der Waals surface area contributed by atoms with E-state index < -0.39 is 0 Å². The van der Waals surface area contributed by atoms with Crippen LogP contribution in [0.1, 0.15) is 69.8 Å². The van der Waals surface area contributed by atoms with E-state index in [0.717, 1.165) is 12.5 Å². The fourth-order valence-electron chi connectivity index (χ4n) is 3.69. The molecule has 1 aromatic rings. The Labute approximate surface area is 130 Å². The zero-order valence-electron chi connectivity index (χ0n) is 14.8. The largest absolute Gasteiger partial charge is 0.310 e. The molecule has 1 fully saturated rings. The molecule has 2 rings (SSSR count). The maximum absolute atomic E-state index is 4.51. The van der Waals surface area contributed by atoms with Gasteiger partial charge in [0.05, 0.1) is 5.69 Å². The molecular formula is C18H33N3. The second-order valence-electron chi connectivity index (χ2n) is 7.92. The number of rotatable bonds is 3. The summed E-state index contributed by atoms with van der Waals surface area (Å²) in [6.07, 6.45) is 6.77. The molecule has 1 heterocycles. The summed E-state index contributed by atoms with van der Waals surface area (Å²) in [5.74, 6) is 0.881. The molecule has 21 heavy (non-hydrogen) atoms. The highest BCUT2D eigenvalue weighted by atomic mass is 15.3. The van der Waals surface area contributed by atoms with Crippen molar-refractivity contribution in [2.75, 3.05) is 0 Å². The molecule has 1 aliphatic rings. The summed E-state index contributed by atoms with van der Waals surface area (Å²) in [6, 6.07) is 0.677. The molecule has 3 heteroatoms. The number of hydrogen-bond acceptors (Lipinski definition) is 2. The van der Waals surface area contributed by atoms with Crippen molar-refractivity contribution in [2.45, 2.75) is 79.3 Å². The first-order chi connectivity index (χ1) is 9.79. The molecular weight excluding hydrogens is 258 g/mol. The number of nitrogens with one attached hydrogen (secondary N) is 1. The third-order valence-corrected chi connectivity index (χ3v) is 5.42. The van der Waals surface area contributed by atoms with Crippen LogP contribution >= 0.6 is 0 Å². The number of hydrogen-bond donors (Lipinski definition) is 1. The van der Waals surface area contributed by atoms with Crippen molar-refractivity contribution >= 4 is 0 Å². The van der Waals surface area contributed by atoms with E-state index in [0.29, 0.717) is 11.5 Å². The smallest absolute Gasteiger partial charge is 0.0641 e. The molecule has 0 aromatic carbocycles. The zero-order chi connectivity index (χ0) is 15.6. The Morgan fingerprint density at radius 1 is 1.14 bits per heavy atom. The maximum Gasteiger partial charge on any atom is 0.0641 e. The van der Waals surface area contributed by atoms with E-state index in [-0.39, 0.29) is 0 Å². The lowest BCUT2D eigenvalue weighted by atomic mass is 9.76. The van der Waals surface area contributed by atoms with Crippen molar-refractivity contribution in [2.24, 2.45) is 18.4 Å². The van der Waals surface area contributed by atoms with Crippen LogP contribution in [0.15, 0.2) is 0 Å². The van der Waals surface area contributed by atoms with E-state index in [2.05, 4.69) is 45.0 Å². The number of aromatic nitrogens is 2. The minimum Gasteiger partial charge on any atom is -0.310 e. The van der Waals surface area contributed by atoms with Crippen LogP contribution in [0.25, 0.3) is 0 Å². The number of nitrogens with zero attached hydrogens (tertiary/aromatic N) is 2. The van der Waals surface area contributed by atoms with Gasteiger partial charge in [0.2, 0.25) is 0 Å². The minimum absolute atomic E-state index is 0.464. The first kappa shape index (κ1) is 16.5. The Bertz CT molecular complexity index is 468. The van der Waals surface area contributed by atoms with Crippen LogP contribution in [-0.2, 0) is 13.6 Å². The molecule has 2 unspecified atom stereocenters. The Morgan fingerprint density at radius 2 is 1.86 bits per heavy atom. The van der Waals surface area contributed by atoms with Gasteiger partial charge in [-0.3, -0.25) is 4.68 Å². The molecule has 1 saturated carbocycles. The summed E-state index contributed by atoms with van der Waals surface area (Å²) >= 11 is 0. The molecule has 2 atom stereocenters. The van der Waals surface area contributed by atoms with Crippen molar-refractivity contribution in [3.8, 4) is 0 Å². The molecule has 0 saturated heterocycles. The summed E-state index contributed by atoms with van der Waals surface area (Å²) in [7, 11) is 2.03. The van der Waals surface area contributed by atoms with Crippen LogP contribution in [0.4, 0.5) is 0 Å². The van der Waals surface area contributed by atoms with E-state index in [1.807, 2.05) is 11.7 Å². The average molecular weight is 291 g/mol. The van der Waals surface area contributed by atoms with Crippen LogP contribution in [0.5, 0.6) is 0 Å². The van der Waals surface area contributed by atoms with E-state index in [1.54, 1.807) is 0 Å². The van der Waals surface area contributed by atoms with Gasteiger partial charge in [0.1, 0.15) is 0 Å². The van der Waals surface area contributed by atoms with Crippen molar-refractivity contribution < 1.29 is 0 Å². The number of aryl methyl sites for hydroxylation is 2. The van der Waals surface area contributed by atoms with Crippen LogP contribution in [0.2, 0.25) is 0 Å². The van der Waals surface area contributed by atoms with E-state index in [1.165, 1.54) is 49.1 Å². The fraction of sp³-hybridized carbons (Fsp3) is 0.833. The molecule has 0 bridgehead atoms. The summed E-state index contributed by atoms with van der Waals surface area (Å²) in [5.41, 5.74) is 4.31. The van der Waals surface area contributed by atoms with Crippen LogP contribution in [-0.4, -0.2) is 15.8 Å². The van der Waals surface area contributed by atoms with Crippen molar-refractivity contribution in [1.82, 2.24) is 15.1 Å². The zero-order valence-corrected chi connectivity index (χ0v) is 14.8. The van der Waals surface area contributed by atoms with Gasteiger partial charge in [-0.1, -0.05) is 27.2 Å². The molecule has 3 nitrogen and oxygen atoms in total. The van der Waals surface area contributed by atoms with E-state index in [9.17, 15) is 0 Å². The minimum atomic E-state index is 0.464. The van der Waals surface area contributed by atoms with E-state index >= 15 is 0 Å². The van der Waals surface area contributed by atoms with E-state index in [4.69, 9.17) is 0 Å². The van der Waals surface area contributed by atoms with Crippen molar-refractivity contribution in [3.63, 3.8) is 0 Å². The van der Waals surface area contributed by atoms with Gasteiger partial charge in [-0.2, -0.15) is 5.10 Å². The van der Waals surface area contributed by atoms with Crippen LogP contribution in [0.3, 0.4) is 0 Å². The molecule has 1 aromatic heterocycles. The average Bonchev–Trinajstić information content (AvgIpc) is 2.60. The Morgan fingerprint density at radius 3 is 2.43 bits per heavy atom. The van der Waals surface area contributed by atoms with Gasteiger partial charge in [-0.15, -0.1) is 0 Å². The molecule has 120 valence electrons. The van der Waals surface area contributed by atoms with Gasteiger partial charge in [-0.25, -0.2) is 0 Å². The second-order valence-corrected chi connectivity index (χ2v) is 7.92. The first-order valence-electron chi connectivity index (χ1n) is 8.51. The predicted molar refractivity (Wildman–Crippen MR) is 89.3 cm³/mol. The van der Waals surface area contributed by atoms with Gasteiger partial charge < -0.3 is 5.32 Å². The molecule has 0 radical (unpaired) electrons. The van der Waals surface area contributed by atoms with Crippen molar-refractivity contribution in [1.29, 1.82) is 0 Å². The molecule has 0 amide bonds. The topological polar surface area (TPSA) is 29.9 Å². The van der Waals surface area contributed by atoms with Crippen LogP contribution in [0, 0.1) is 25.2 Å². The highest BCUT2D eigenvalue weighted by Crippen LogP contribution is 2.36. The lowest BCUT2D eigenvalue weighted by molar-refractivity contribution is 0.213. The molecule has 0 aliphatic heterocycles. The maximum atomic E-state index is 4.51. The SMILES string of the molecule is Cc1nn(C)c(C)c1CNC1CCCC(C(C)(C)C)CC1. The third kappa shape index (κ3) is 4.09. The summed E-state index contributed by atoms with van der Waals surface area (Å²) < 4.78 is 2.00. The highest BCUT2D eigenvalue weighted by Gasteiger charge is 2.27. The normalized spacial score (nSPS) is 24.1. The van der Waals surface area contributed by atoms with Gasteiger partial charge in [-0.05, 0) is 50.9 Å². The quantitative estimate of drug-likeness (QED) is 0.849. The summed E-state index contributed by atoms with van der Waals surface area (Å²) in [4.78, 5) is 0. The van der Waals surface area contributed by atoms with Gasteiger partial charge in [0, 0.05) is 30.9 Å². The lowest BCUT2D eigenvalue weighted by Crippen LogP contribution is -2.29. The molecule has 0 spiro atoms. The Hall–Kier alpha value is -0.830. The molecule has 1 N–H and O–H groups in total. The van der Waals surface area contributed by atoms with Gasteiger partial charge in [0.25, 0.3) is 0 Å². The monoisotopic (exact) mass is 291 g/mol. The first-order valence-corrected chi connectivity index (χ1v) is 8.51. The van der Waals surface area contributed by atoms with Crippen LogP contribution < -0.4 is 5.32 Å². The molecule has 1 aliphatic carbocycles. The van der Waals surface area contributed by atoms with Crippen molar-refractivity contribution in [3.05, 3.63) is 17.0 Å². The fourth-order valence-corrected chi connectivity index (χ4v) is 3.69. The van der Waals surface area contributed by atoms with Gasteiger partial charge >= 0.3 is 0 Å². The highest BCUT2D eigenvalue weighted by molar-refractivity contribution is 5.24. The predicted octanol–water partition coefficient (Wildman–Crippen LogP) is 4.12. The third-order valence-electron chi connectivity index (χ3n) is 5.42. The Balaban J connectivity index is 1.90. The Kier molecular flexibility index (Phi) is 5.13. The standard InChI is InChI=1S/C18H33N3/c1-13-17(14(2)21(6)20-13)12-19-16-9-7-8-15(10-11-16)18(3,4)5/h15-16,19H,7-12H2,1-6H3. The van der Waals surface area contributed by atoms with Gasteiger partial charge in [0.15, 0.2) is 0 Å². The second kappa shape index (κ2) is 6.51. The lowest BCUT2D eigenvalue weighted by Gasteiger charge is -2.29.